The van der Waals surface area contributed by atoms with Crippen molar-refractivity contribution in [1.82, 2.24) is 0 Å². The summed E-state index contributed by atoms with van der Waals surface area (Å²) < 4.78 is 32.5. The zero-order valence-electron chi connectivity index (χ0n) is 15.3. The van der Waals surface area contributed by atoms with Crippen molar-refractivity contribution in [2.75, 3.05) is 0 Å². The minimum Gasteiger partial charge on any atom is -0.429 e. The van der Waals surface area contributed by atoms with Gasteiger partial charge in [0, 0.05) is 11.6 Å². The largest absolute Gasteiger partial charge is 0.429 e. The van der Waals surface area contributed by atoms with Crippen LogP contribution in [0.5, 0.6) is 0 Å². The molecule has 3 rings (SSSR count). The Morgan fingerprint density at radius 3 is 1.96 bits per heavy atom. The minimum absolute atomic E-state index is 0.106. The van der Waals surface area contributed by atoms with Gasteiger partial charge in [0.2, 0.25) is 15.6 Å². The summed E-state index contributed by atoms with van der Waals surface area (Å²) in [6, 6.07) is 16.2. The van der Waals surface area contributed by atoms with Crippen LogP contribution in [0.3, 0.4) is 0 Å². The molecule has 6 heteroatoms. The molecule has 0 spiro atoms. The molecule has 0 saturated carbocycles. The van der Waals surface area contributed by atoms with E-state index in [0.717, 1.165) is 6.08 Å². The highest BCUT2D eigenvalue weighted by molar-refractivity contribution is 8.02. The van der Waals surface area contributed by atoms with E-state index in [2.05, 4.69) is 0 Å². The molecule has 1 atom stereocenters. The van der Waals surface area contributed by atoms with Crippen molar-refractivity contribution in [3.05, 3.63) is 77.9 Å². The summed E-state index contributed by atoms with van der Waals surface area (Å²) in [5.41, 5.74) is -0.502. The van der Waals surface area contributed by atoms with E-state index in [4.69, 9.17) is 4.74 Å². The number of ketones is 1. The third-order valence-electron chi connectivity index (χ3n) is 4.32. The van der Waals surface area contributed by atoms with Crippen LogP contribution in [0.15, 0.2) is 66.7 Å². The van der Waals surface area contributed by atoms with Crippen molar-refractivity contribution in [3.8, 4) is 0 Å². The van der Waals surface area contributed by atoms with Gasteiger partial charge in [-0.25, -0.2) is 8.42 Å². The Hall–Kier alpha value is -2.73. The van der Waals surface area contributed by atoms with Crippen molar-refractivity contribution in [2.45, 2.75) is 25.7 Å². The SMILES string of the molecule is CC(C)(C)C(=O)OC1(c2ccccc2)C(=O)C=C(c2ccccc2)S1(=O)=O. The van der Waals surface area contributed by atoms with Gasteiger partial charge in [-0.3, -0.25) is 9.59 Å². The molecule has 1 unspecified atom stereocenters. The predicted octanol–water partition coefficient (Wildman–Crippen LogP) is 3.47. The zero-order valence-corrected chi connectivity index (χ0v) is 16.1. The summed E-state index contributed by atoms with van der Waals surface area (Å²) in [6.45, 7) is 4.81. The van der Waals surface area contributed by atoms with Crippen LogP contribution < -0.4 is 0 Å². The second-order valence-electron chi connectivity index (χ2n) is 7.36. The number of hydrogen-bond acceptors (Lipinski definition) is 5. The van der Waals surface area contributed by atoms with Gasteiger partial charge in [0.05, 0.1) is 10.3 Å². The van der Waals surface area contributed by atoms with Crippen molar-refractivity contribution in [1.29, 1.82) is 0 Å². The predicted molar refractivity (Wildman–Crippen MR) is 102 cm³/mol. The van der Waals surface area contributed by atoms with Crippen LogP contribution in [0, 0.1) is 5.41 Å². The lowest BCUT2D eigenvalue weighted by molar-refractivity contribution is -0.166. The smallest absolute Gasteiger partial charge is 0.313 e. The maximum atomic E-state index is 13.5. The average molecular weight is 384 g/mol. The summed E-state index contributed by atoms with van der Waals surface area (Å²) in [4.78, 5) is 23.1. The van der Waals surface area contributed by atoms with Gasteiger partial charge >= 0.3 is 10.9 Å². The number of benzene rings is 2. The molecule has 0 bridgehead atoms. The summed E-state index contributed by atoms with van der Waals surface area (Å²) in [5.74, 6) is -1.56. The highest BCUT2D eigenvalue weighted by atomic mass is 32.2. The van der Waals surface area contributed by atoms with Crippen molar-refractivity contribution in [2.24, 2.45) is 5.41 Å². The Morgan fingerprint density at radius 2 is 1.44 bits per heavy atom. The first-order chi connectivity index (χ1) is 12.6. The number of carbonyl (C=O) groups is 2. The minimum atomic E-state index is -4.33. The standard InChI is InChI=1S/C21H20O5S/c1-20(2,3)19(23)26-21(16-12-8-5-9-13-16)18(22)14-17(27(21,24)25)15-10-6-4-7-11-15/h4-14H,1-3H3. The Labute approximate surface area is 158 Å². The van der Waals surface area contributed by atoms with Gasteiger partial charge in [-0.1, -0.05) is 60.7 Å². The fraction of sp³-hybridized carbons (Fsp3) is 0.238. The topological polar surface area (TPSA) is 77.5 Å². The van der Waals surface area contributed by atoms with Crippen LogP contribution >= 0.6 is 0 Å². The summed E-state index contributed by atoms with van der Waals surface area (Å²) >= 11 is 0. The molecule has 0 aliphatic carbocycles. The average Bonchev–Trinajstić information content (AvgIpc) is 2.83. The Balaban J connectivity index is 2.23. The third kappa shape index (κ3) is 3.00. The van der Waals surface area contributed by atoms with E-state index in [1.807, 2.05) is 0 Å². The van der Waals surface area contributed by atoms with Crippen LogP contribution in [0.4, 0.5) is 0 Å². The molecule has 0 saturated heterocycles. The van der Waals surface area contributed by atoms with Crippen LogP contribution in [-0.2, 0) is 29.1 Å². The molecule has 0 aromatic heterocycles. The Kier molecular flexibility index (Phi) is 4.56. The van der Waals surface area contributed by atoms with Gasteiger partial charge < -0.3 is 4.74 Å². The van der Waals surface area contributed by atoms with E-state index in [-0.39, 0.29) is 10.5 Å². The van der Waals surface area contributed by atoms with Crippen molar-refractivity contribution < 1.29 is 22.7 Å². The van der Waals surface area contributed by atoms with Crippen LogP contribution in [-0.4, -0.2) is 20.2 Å². The second kappa shape index (κ2) is 6.46. The van der Waals surface area contributed by atoms with Crippen molar-refractivity contribution in [3.63, 3.8) is 0 Å². The lowest BCUT2D eigenvalue weighted by Gasteiger charge is -2.30. The molecule has 0 fully saturated rings. The molecule has 2 aromatic carbocycles. The number of carbonyl (C=O) groups excluding carboxylic acids is 2. The number of hydrogen-bond donors (Lipinski definition) is 0. The molecule has 2 aromatic rings. The quantitative estimate of drug-likeness (QED) is 0.757. The number of ether oxygens (including phenoxy) is 1. The van der Waals surface area contributed by atoms with Crippen LogP contribution in [0.25, 0.3) is 4.91 Å². The van der Waals surface area contributed by atoms with E-state index in [0.29, 0.717) is 5.56 Å². The molecule has 1 heterocycles. The fourth-order valence-corrected chi connectivity index (χ4v) is 4.80. The first-order valence-electron chi connectivity index (χ1n) is 8.46. The molecule has 27 heavy (non-hydrogen) atoms. The zero-order chi connectivity index (χ0) is 19.9. The van der Waals surface area contributed by atoms with Crippen molar-refractivity contribution >= 4 is 26.5 Å². The van der Waals surface area contributed by atoms with Crippen LogP contribution in [0.2, 0.25) is 0 Å². The fourth-order valence-electron chi connectivity index (χ4n) is 2.82. The van der Waals surface area contributed by atoms with Gasteiger partial charge in [0.15, 0.2) is 0 Å². The lowest BCUT2D eigenvalue weighted by atomic mass is 9.96. The van der Waals surface area contributed by atoms with Gasteiger partial charge in [-0.2, -0.15) is 0 Å². The molecule has 0 amide bonds. The summed E-state index contributed by atoms with van der Waals surface area (Å²) in [6.07, 6.45) is 1.05. The first-order valence-corrected chi connectivity index (χ1v) is 9.94. The molecule has 5 nitrogen and oxygen atoms in total. The molecule has 140 valence electrons. The van der Waals surface area contributed by atoms with E-state index < -0.39 is 31.9 Å². The number of rotatable bonds is 3. The first kappa shape index (κ1) is 19.0. The van der Waals surface area contributed by atoms with E-state index in [9.17, 15) is 18.0 Å². The monoisotopic (exact) mass is 384 g/mol. The van der Waals surface area contributed by atoms with E-state index >= 15 is 0 Å². The Bertz CT molecular complexity index is 1020. The van der Waals surface area contributed by atoms with Gasteiger partial charge in [-0.15, -0.1) is 0 Å². The highest BCUT2D eigenvalue weighted by Crippen LogP contribution is 2.47. The third-order valence-corrected chi connectivity index (χ3v) is 6.53. The van der Waals surface area contributed by atoms with Gasteiger partial charge in [0.1, 0.15) is 0 Å². The number of sulfone groups is 1. The van der Waals surface area contributed by atoms with E-state index in [1.165, 1.54) is 12.1 Å². The molecular weight excluding hydrogens is 364 g/mol. The molecule has 0 radical (unpaired) electrons. The lowest BCUT2D eigenvalue weighted by Crippen LogP contribution is -2.45. The molecule has 0 N–H and O–H groups in total. The van der Waals surface area contributed by atoms with E-state index in [1.54, 1.807) is 69.3 Å². The summed E-state index contributed by atoms with van der Waals surface area (Å²) in [5, 5.41) is 0. The second-order valence-corrected chi connectivity index (χ2v) is 9.39. The van der Waals surface area contributed by atoms with Crippen LogP contribution in [0.1, 0.15) is 31.9 Å². The normalized spacial score (nSPS) is 21.6. The molecule has 1 aliphatic heterocycles. The highest BCUT2D eigenvalue weighted by Gasteiger charge is 2.61. The Morgan fingerprint density at radius 1 is 0.926 bits per heavy atom. The molecule has 1 aliphatic rings. The maximum Gasteiger partial charge on any atom is 0.313 e. The maximum absolute atomic E-state index is 13.5. The molecular formula is C21H20O5S. The van der Waals surface area contributed by atoms with Gasteiger partial charge in [0.25, 0.3) is 0 Å². The van der Waals surface area contributed by atoms with Gasteiger partial charge in [-0.05, 0) is 26.3 Å². The summed E-state index contributed by atoms with van der Waals surface area (Å²) in [7, 11) is -4.33. The number of esters is 1.